The van der Waals surface area contributed by atoms with Crippen LogP contribution in [0.25, 0.3) is 6.08 Å². The summed E-state index contributed by atoms with van der Waals surface area (Å²) in [6, 6.07) is 7.94. The number of amides is 1. The zero-order valence-electron chi connectivity index (χ0n) is 12.4. The molecule has 1 aromatic carbocycles. The lowest BCUT2D eigenvalue weighted by Crippen LogP contribution is -2.24. The number of ether oxygens (including phenoxy) is 1. The summed E-state index contributed by atoms with van der Waals surface area (Å²) >= 11 is 0. The standard InChI is InChI=1S/C17H17FN2O2/c1-12(14-6-7-16(22-2)15(18)10-14)20-17(21)8-5-13-4-3-9-19-11-13/h3-12H,1-2H3,(H,20,21)/b8-5+. The number of nitrogens with one attached hydrogen (secondary N) is 1. The number of methoxy groups -OCH3 is 1. The molecule has 0 aliphatic heterocycles. The fourth-order valence-electron chi connectivity index (χ4n) is 1.94. The molecule has 2 aromatic rings. The summed E-state index contributed by atoms with van der Waals surface area (Å²) in [7, 11) is 1.41. The van der Waals surface area contributed by atoms with E-state index in [-0.39, 0.29) is 17.7 Å². The Bertz CT molecular complexity index is 672. The maximum atomic E-state index is 13.7. The van der Waals surface area contributed by atoms with Crippen molar-refractivity contribution in [3.8, 4) is 5.75 Å². The summed E-state index contributed by atoms with van der Waals surface area (Å²) in [5, 5.41) is 2.78. The minimum Gasteiger partial charge on any atom is -0.494 e. The van der Waals surface area contributed by atoms with Gasteiger partial charge in [-0.1, -0.05) is 12.1 Å². The number of pyridine rings is 1. The van der Waals surface area contributed by atoms with Crippen LogP contribution in [-0.4, -0.2) is 18.0 Å². The van der Waals surface area contributed by atoms with Crippen LogP contribution in [0.5, 0.6) is 5.75 Å². The molecule has 5 heteroatoms. The highest BCUT2D eigenvalue weighted by atomic mass is 19.1. The first-order valence-electron chi connectivity index (χ1n) is 6.82. The molecule has 2 rings (SSSR count). The van der Waals surface area contributed by atoms with Crippen molar-refractivity contribution >= 4 is 12.0 Å². The van der Waals surface area contributed by atoms with Gasteiger partial charge in [-0.25, -0.2) is 4.39 Å². The van der Waals surface area contributed by atoms with Crippen molar-refractivity contribution in [1.82, 2.24) is 10.3 Å². The topological polar surface area (TPSA) is 51.2 Å². The highest BCUT2D eigenvalue weighted by Crippen LogP contribution is 2.21. The third kappa shape index (κ3) is 4.15. The molecule has 114 valence electrons. The highest BCUT2D eigenvalue weighted by molar-refractivity contribution is 5.91. The van der Waals surface area contributed by atoms with E-state index < -0.39 is 5.82 Å². The van der Waals surface area contributed by atoms with E-state index >= 15 is 0 Å². The fourth-order valence-corrected chi connectivity index (χ4v) is 1.94. The first-order valence-corrected chi connectivity index (χ1v) is 6.82. The number of nitrogens with zero attached hydrogens (tertiary/aromatic N) is 1. The SMILES string of the molecule is COc1ccc(C(C)NC(=O)/C=C/c2cccnc2)cc1F. The zero-order chi connectivity index (χ0) is 15.9. The number of carbonyl (C=O) groups excluding carboxylic acids is 1. The second kappa shape index (κ2) is 7.36. The van der Waals surface area contributed by atoms with Crippen LogP contribution in [0.3, 0.4) is 0 Å². The number of hydrogen-bond donors (Lipinski definition) is 1. The lowest BCUT2D eigenvalue weighted by atomic mass is 10.1. The van der Waals surface area contributed by atoms with Crippen molar-refractivity contribution in [2.75, 3.05) is 7.11 Å². The molecule has 1 N–H and O–H groups in total. The van der Waals surface area contributed by atoms with Gasteiger partial charge in [-0.2, -0.15) is 0 Å². The molecular formula is C17H17FN2O2. The quantitative estimate of drug-likeness (QED) is 0.863. The molecule has 1 amide bonds. The van der Waals surface area contributed by atoms with Crippen LogP contribution in [0.1, 0.15) is 24.1 Å². The van der Waals surface area contributed by atoms with Crippen molar-refractivity contribution in [3.05, 3.63) is 65.7 Å². The van der Waals surface area contributed by atoms with Crippen LogP contribution in [0.2, 0.25) is 0 Å². The number of carbonyl (C=O) groups is 1. The minimum atomic E-state index is -0.452. The highest BCUT2D eigenvalue weighted by Gasteiger charge is 2.10. The largest absolute Gasteiger partial charge is 0.494 e. The van der Waals surface area contributed by atoms with Crippen molar-refractivity contribution in [2.24, 2.45) is 0 Å². The second-order valence-electron chi connectivity index (χ2n) is 4.74. The Balaban J connectivity index is 1.99. The van der Waals surface area contributed by atoms with Gasteiger partial charge in [0, 0.05) is 18.5 Å². The third-order valence-electron chi connectivity index (χ3n) is 3.15. The molecule has 1 atom stereocenters. The molecule has 0 fully saturated rings. The van der Waals surface area contributed by atoms with E-state index in [1.54, 1.807) is 43.6 Å². The van der Waals surface area contributed by atoms with Gasteiger partial charge in [0.15, 0.2) is 11.6 Å². The van der Waals surface area contributed by atoms with Crippen molar-refractivity contribution < 1.29 is 13.9 Å². The Hall–Kier alpha value is -2.69. The molecule has 0 bridgehead atoms. The molecule has 0 aliphatic carbocycles. The summed E-state index contributed by atoms with van der Waals surface area (Å²) in [6.45, 7) is 1.79. The maximum Gasteiger partial charge on any atom is 0.244 e. The summed E-state index contributed by atoms with van der Waals surface area (Å²) in [5.74, 6) is -0.529. The molecule has 22 heavy (non-hydrogen) atoms. The van der Waals surface area contributed by atoms with Gasteiger partial charge >= 0.3 is 0 Å². The van der Waals surface area contributed by atoms with E-state index in [0.29, 0.717) is 5.56 Å². The van der Waals surface area contributed by atoms with E-state index in [9.17, 15) is 9.18 Å². The van der Waals surface area contributed by atoms with Crippen molar-refractivity contribution in [2.45, 2.75) is 13.0 Å². The monoisotopic (exact) mass is 300 g/mol. The van der Waals surface area contributed by atoms with E-state index in [0.717, 1.165) is 5.56 Å². The maximum absolute atomic E-state index is 13.7. The Morgan fingerprint density at radius 1 is 1.41 bits per heavy atom. The van der Waals surface area contributed by atoms with Crippen LogP contribution >= 0.6 is 0 Å². The molecule has 1 heterocycles. The fraction of sp³-hybridized carbons (Fsp3) is 0.176. The van der Waals surface area contributed by atoms with Crippen molar-refractivity contribution in [1.29, 1.82) is 0 Å². The van der Waals surface area contributed by atoms with Gasteiger partial charge in [0.25, 0.3) is 0 Å². The van der Waals surface area contributed by atoms with Gasteiger partial charge in [0.05, 0.1) is 13.2 Å². The zero-order valence-corrected chi connectivity index (χ0v) is 12.4. The Morgan fingerprint density at radius 2 is 2.23 bits per heavy atom. The van der Waals surface area contributed by atoms with Crippen LogP contribution in [0.15, 0.2) is 48.8 Å². The number of aromatic nitrogens is 1. The Morgan fingerprint density at radius 3 is 2.86 bits per heavy atom. The van der Waals surface area contributed by atoms with Crippen molar-refractivity contribution in [3.63, 3.8) is 0 Å². The third-order valence-corrected chi connectivity index (χ3v) is 3.15. The summed E-state index contributed by atoms with van der Waals surface area (Å²) in [4.78, 5) is 15.8. The first kappa shape index (κ1) is 15.7. The molecular weight excluding hydrogens is 283 g/mol. The molecule has 0 radical (unpaired) electrons. The first-order chi connectivity index (χ1) is 10.6. The predicted molar refractivity (Wildman–Crippen MR) is 82.8 cm³/mol. The number of halogens is 1. The van der Waals surface area contributed by atoms with E-state index in [4.69, 9.17) is 4.74 Å². The molecule has 1 unspecified atom stereocenters. The number of hydrogen-bond acceptors (Lipinski definition) is 3. The lowest BCUT2D eigenvalue weighted by molar-refractivity contribution is -0.117. The van der Waals surface area contributed by atoms with Crippen LogP contribution in [-0.2, 0) is 4.79 Å². The van der Waals surface area contributed by atoms with E-state index in [1.807, 2.05) is 6.07 Å². The average Bonchev–Trinajstić information content (AvgIpc) is 2.53. The Labute approximate surface area is 128 Å². The lowest BCUT2D eigenvalue weighted by Gasteiger charge is -2.14. The predicted octanol–water partition coefficient (Wildman–Crippen LogP) is 3.12. The normalized spacial score (nSPS) is 12.1. The average molecular weight is 300 g/mol. The molecule has 0 aliphatic rings. The molecule has 0 spiro atoms. The van der Waals surface area contributed by atoms with E-state index in [2.05, 4.69) is 10.3 Å². The van der Waals surface area contributed by atoms with Crippen LogP contribution < -0.4 is 10.1 Å². The molecule has 0 saturated carbocycles. The summed E-state index contributed by atoms with van der Waals surface area (Å²) in [6.07, 6.45) is 6.42. The molecule has 4 nitrogen and oxygen atoms in total. The van der Waals surface area contributed by atoms with Gasteiger partial charge in [-0.05, 0) is 42.3 Å². The summed E-state index contributed by atoms with van der Waals surface area (Å²) in [5.41, 5.74) is 1.50. The van der Waals surface area contributed by atoms with Gasteiger partial charge < -0.3 is 10.1 Å². The number of benzene rings is 1. The van der Waals surface area contributed by atoms with Gasteiger partial charge in [0.1, 0.15) is 0 Å². The minimum absolute atomic E-state index is 0.179. The summed E-state index contributed by atoms with van der Waals surface area (Å²) < 4.78 is 18.5. The second-order valence-corrected chi connectivity index (χ2v) is 4.74. The van der Waals surface area contributed by atoms with Crippen LogP contribution in [0.4, 0.5) is 4.39 Å². The smallest absolute Gasteiger partial charge is 0.244 e. The molecule has 1 aromatic heterocycles. The number of rotatable bonds is 5. The van der Waals surface area contributed by atoms with Gasteiger partial charge in [-0.3, -0.25) is 9.78 Å². The van der Waals surface area contributed by atoms with Gasteiger partial charge in [0.2, 0.25) is 5.91 Å². The van der Waals surface area contributed by atoms with Crippen LogP contribution in [0, 0.1) is 5.82 Å². The van der Waals surface area contributed by atoms with E-state index in [1.165, 1.54) is 19.3 Å². The van der Waals surface area contributed by atoms with Gasteiger partial charge in [-0.15, -0.1) is 0 Å². The molecule has 0 saturated heterocycles. The Kier molecular flexibility index (Phi) is 5.25.